The SMILES string of the molecule is O=C(Nc1ccc(C2S/C(=N\c3cccc(OC(F)(F)F)c3)N(Cc3ccco3)C2=O)cc1)[C@@H]1CCCN1C(=O)OCc1ccccc1. The lowest BCUT2D eigenvalue weighted by Gasteiger charge is -2.23. The summed E-state index contributed by atoms with van der Waals surface area (Å²) in [7, 11) is 0. The van der Waals surface area contributed by atoms with E-state index in [1.807, 2.05) is 30.3 Å². The maximum atomic E-state index is 13.7. The van der Waals surface area contributed by atoms with Gasteiger partial charge in [0.2, 0.25) is 11.8 Å². The molecule has 3 amide bonds. The van der Waals surface area contributed by atoms with Crippen LogP contribution in [0.1, 0.15) is 35.0 Å². The quantitative estimate of drug-likeness (QED) is 0.196. The van der Waals surface area contributed by atoms with Crippen molar-refractivity contribution in [3.8, 4) is 5.75 Å². The van der Waals surface area contributed by atoms with E-state index < -0.39 is 29.5 Å². The highest BCUT2D eigenvalue weighted by Crippen LogP contribution is 2.42. The minimum atomic E-state index is -4.86. The fraction of sp³-hybridized carbons (Fsp3) is 0.235. The van der Waals surface area contributed by atoms with Crippen molar-refractivity contribution in [2.24, 2.45) is 4.99 Å². The van der Waals surface area contributed by atoms with Crippen molar-refractivity contribution < 1.29 is 41.4 Å². The molecule has 10 nitrogen and oxygen atoms in total. The van der Waals surface area contributed by atoms with Gasteiger partial charge in [0.25, 0.3) is 0 Å². The monoisotopic (exact) mass is 678 g/mol. The molecule has 2 fully saturated rings. The van der Waals surface area contributed by atoms with Crippen molar-refractivity contribution in [1.82, 2.24) is 9.80 Å². The molecule has 0 radical (unpaired) electrons. The van der Waals surface area contributed by atoms with Gasteiger partial charge in [-0.3, -0.25) is 19.4 Å². The van der Waals surface area contributed by atoms with E-state index in [4.69, 9.17) is 9.15 Å². The smallest absolute Gasteiger partial charge is 0.467 e. The Labute approximate surface area is 277 Å². The lowest BCUT2D eigenvalue weighted by atomic mass is 10.1. The van der Waals surface area contributed by atoms with E-state index in [9.17, 15) is 27.6 Å². The number of anilines is 1. The van der Waals surface area contributed by atoms with Gasteiger partial charge < -0.3 is 19.2 Å². The zero-order valence-electron chi connectivity index (χ0n) is 25.3. The van der Waals surface area contributed by atoms with Crippen molar-refractivity contribution in [1.29, 1.82) is 0 Å². The van der Waals surface area contributed by atoms with Gasteiger partial charge in [-0.25, -0.2) is 9.79 Å². The van der Waals surface area contributed by atoms with E-state index in [2.05, 4.69) is 15.0 Å². The number of hydrogen-bond acceptors (Lipinski definition) is 8. The molecule has 48 heavy (non-hydrogen) atoms. The van der Waals surface area contributed by atoms with Crippen molar-refractivity contribution in [2.45, 2.75) is 43.6 Å². The molecule has 3 heterocycles. The Hall–Kier alpha value is -5.24. The lowest BCUT2D eigenvalue weighted by molar-refractivity contribution is -0.274. The number of carbonyl (C=O) groups is 3. The van der Waals surface area contributed by atoms with Gasteiger partial charge >= 0.3 is 12.5 Å². The number of carbonyl (C=O) groups excluding carboxylic acids is 3. The Kier molecular flexibility index (Phi) is 9.71. The number of halogens is 3. The van der Waals surface area contributed by atoms with Crippen LogP contribution in [0.5, 0.6) is 5.75 Å². The Balaban J connectivity index is 1.14. The molecule has 2 atom stereocenters. The predicted molar refractivity (Wildman–Crippen MR) is 171 cm³/mol. The van der Waals surface area contributed by atoms with Crippen LogP contribution in [-0.4, -0.2) is 51.8 Å². The van der Waals surface area contributed by atoms with Gasteiger partial charge in [-0.2, -0.15) is 0 Å². The number of rotatable bonds is 9. The molecule has 3 aromatic carbocycles. The largest absolute Gasteiger partial charge is 0.573 e. The number of hydrogen-bond donors (Lipinski definition) is 1. The van der Waals surface area contributed by atoms with Gasteiger partial charge in [0.1, 0.15) is 29.4 Å². The molecule has 1 aromatic heterocycles. The van der Waals surface area contributed by atoms with Gasteiger partial charge in [-0.1, -0.05) is 60.3 Å². The van der Waals surface area contributed by atoms with Crippen LogP contribution in [0, 0.1) is 0 Å². The van der Waals surface area contributed by atoms with Crippen LogP contribution in [-0.2, 0) is 27.5 Å². The molecule has 0 saturated carbocycles. The first kappa shape index (κ1) is 32.7. The summed E-state index contributed by atoms with van der Waals surface area (Å²) in [6.07, 6.45) is -2.79. The topological polar surface area (TPSA) is 114 Å². The fourth-order valence-electron chi connectivity index (χ4n) is 5.34. The molecule has 248 valence electrons. The number of benzene rings is 3. The number of amides is 3. The number of nitrogens with zero attached hydrogens (tertiary/aromatic N) is 3. The molecule has 1 unspecified atom stereocenters. The number of amidine groups is 1. The third kappa shape index (κ3) is 8.00. The van der Waals surface area contributed by atoms with E-state index in [0.29, 0.717) is 36.4 Å². The molecule has 2 aliphatic rings. The Morgan fingerprint density at radius 1 is 1.00 bits per heavy atom. The van der Waals surface area contributed by atoms with Crippen LogP contribution in [0.15, 0.2) is 107 Å². The summed E-state index contributed by atoms with van der Waals surface area (Å²) >= 11 is 1.14. The third-order valence-electron chi connectivity index (χ3n) is 7.59. The van der Waals surface area contributed by atoms with Gasteiger partial charge in [-0.05, 0) is 60.4 Å². The van der Waals surface area contributed by atoms with Crippen LogP contribution >= 0.6 is 11.8 Å². The normalized spacial score (nSPS) is 18.7. The molecule has 14 heteroatoms. The number of furan rings is 1. The highest BCUT2D eigenvalue weighted by molar-refractivity contribution is 8.15. The van der Waals surface area contributed by atoms with Crippen LogP contribution in [0.4, 0.5) is 29.3 Å². The van der Waals surface area contributed by atoms with E-state index in [1.54, 1.807) is 36.4 Å². The third-order valence-corrected chi connectivity index (χ3v) is 8.82. The van der Waals surface area contributed by atoms with Gasteiger partial charge in [0.15, 0.2) is 5.17 Å². The van der Waals surface area contributed by atoms with E-state index >= 15 is 0 Å². The molecule has 1 N–H and O–H groups in total. The van der Waals surface area contributed by atoms with Gasteiger partial charge in [0, 0.05) is 18.3 Å². The van der Waals surface area contributed by atoms with Crippen molar-refractivity contribution in [2.75, 3.05) is 11.9 Å². The van der Waals surface area contributed by atoms with Gasteiger partial charge in [0.05, 0.1) is 18.5 Å². The maximum absolute atomic E-state index is 13.7. The number of nitrogens with one attached hydrogen (secondary N) is 1. The highest BCUT2D eigenvalue weighted by atomic mass is 32.2. The van der Waals surface area contributed by atoms with Crippen molar-refractivity contribution in [3.63, 3.8) is 0 Å². The molecule has 0 spiro atoms. The molecule has 6 rings (SSSR count). The Morgan fingerprint density at radius 2 is 1.79 bits per heavy atom. The summed E-state index contributed by atoms with van der Waals surface area (Å²) in [6, 6.07) is 23.9. The van der Waals surface area contributed by atoms with Crippen molar-refractivity contribution in [3.05, 3.63) is 114 Å². The van der Waals surface area contributed by atoms with Crippen LogP contribution in [0.3, 0.4) is 0 Å². The molecule has 2 saturated heterocycles. The van der Waals surface area contributed by atoms with Crippen molar-refractivity contribution >= 4 is 46.2 Å². The second kappa shape index (κ2) is 14.3. The Bertz CT molecular complexity index is 1780. The minimum absolute atomic E-state index is 0.0622. The summed E-state index contributed by atoms with van der Waals surface area (Å²) in [4.78, 5) is 46.9. The maximum Gasteiger partial charge on any atom is 0.573 e. The summed E-state index contributed by atoms with van der Waals surface area (Å²) in [5.41, 5.74) is 2.11. The molecule has 2 aliphatic heterocycles. The molecular weight excluding hydrogens is 649 g/mol. The standard InChI is InChI=1S/C34H29F3N4O6S/c35-34(36,37)47-26-10-4-9-25(19-26)39-32-41(20-27-11-6-18-45-27)31(43)29(48-32)23-13-15-24(16-14-23)38-30(42)28-12-5-17-40(28)33(44)46-21-22-7-2-1-3-8-22/h1-4,6-11,13-16,18-19,28-29H,5,12,17,20-21H2,(H,38,42)/b39-32-/t28-,29?/m0/s1. The Morgan fingerprint density at radius 3 is 2.52 bits per heavy atom. The van der Waals surface area contributed by atoms with E-state index in [0.717, 1.165) is 29.5 Å². The summed E-state index contributed by atoms with van der Waals surface area (Å²) in [5.74, 6) is -0.589. The summed E-state index contributed by atoms with van der Waals surface area (Å²) in [6.45, 7) is 0.574. The number of likely N-dealkylation sites (tertiary alicyclic amines) is 1. The van der Waals surface area contributed by atoms with E-state index in [1.165, 1.54) is 28.2 Å². The first-order valence-electron chi connectivity index (χ1n) is 15.0. The summed E-state index contributed by atoms with van der Waals surface area (Å²) in [5, 5.41) is 2.40. The second-order valence-corrected chi connectivity index (χ2v) is 12.0. The summed E-state index contributed by atoms with van der Waals surface area (Å²) < 4.78 is 53.2. The van der Waals surface area contributed by atoms with E-state index in [-0.39, 0.29) is 35.8 Å². The second-order valence-electron chi connectivity index (χ2n) is 10.9. The molecular formula is C34H29F3N4O6S. The zero-order chi connectivity index (χ0) is 33.7. The fourth-order valence-corrected chi connectivity index (χ4v) is 6.52. The number of alkyl halides is 3. The predicted octanol–water partition coefficient (Wildman–Crippen LogP) is 7.42. The van der Waals surface area contributed by atoms with Crippen LogP contribution in [0.2, 0.25) is 0 Å². The first-order valence-corrected chi connectivity index (χ1v) is 15.8. The van der Waals surface area contributed by atoms with Crippen LogP contribution < -0.4 is 10.1 Å². The zero-order valence-corrected chi connectivity index (χ0v) is 26.1. The first-order chi connectivity index (χ1) is 23.1. The average molecular weight is 679 g/mol. The number of aliphatic imine (C=N–C) groups is 1. The molecule has 4 aromatic rings. The number of ether oxygens (including phenoxy) is 2. The molecule has 0 aliphatic carbocycles. The highest BCUT2D eigenvalue weighted by Gasteiger charge is 2.40. The minimum Gasteiger partial charge on any atom is -0.467 e. The number of thioether (sulfide) groups is 1. The average Bonchev–Trinajstić information content (AvgIpc) is 3.83. The van der Waals surface area contributed by atoms with Gasteiger partial charge in [-0.15, -0.1) is 13.2 Å². The molecule has 0 bridgehead atoms. The lowest BCUT2D eigenvalue weighted by Crippen LogP contribution is -2.43. The van der Waals surface area contributed by atoms with Crippen LogP contribution in [0.25, 0.3) is 0 Å².